The van der Waals surface area contributed by atoms with Crippen LogP contribution in [0.5, 0.6) is 11.5 Å². The molecular weight excluding hydrogens is 372 g/mol. The number of methoxy groups -OCH3 is 2. The predicted octanol–water partition coefficient (Wildman–Crippen LogP) is 1.90. The third kappa shape index (κ3) is 3.88. The van der Waals surface area contributed by atoms with Crippen molar-refractivity contribution < 1.29 is 29.1 Å². The number of nitro groups is 1. The summed E-state index contributed by atoms with van der Waals surface area (Å²) < 4.78 is 10.2. The number of carboxylic acids is 1. The molecule has 1 aliphatic heterocycles. The van der Waals surface area contributed by atoms with Gasteiger partial charge >= 0.3 is 5.97 Å². The van der Waals surface area contributed by atoms with E-state index in [1.54, 1.807) is 0 Å². The summed E-state index contributed by atoms with van der Waals surface area (Å²) in [6.07, 6.45) is 1.28. The summed E-state index contributed by atoms with van der Waals surface area (Å²) in [5.74, 6) is -1.42. The number of amides is 1. The van der Waals surface area contributed by atoms with E-state index in [4.69, 9.17) is 26.8 Å². The molecule has 0 spiro atoms. The van der Waals surface area contributed by atoms with Crippen molar-refractivity contribution in [3.8, 4) is 11.5 Å². The van der Waals surface area contributed by atoms with Crippen LogP contribution in [-0.2, 0) is 9.59 Å². The largest absolute Gasteiger partial charge is 0.493 e. The van der Waals surface area contributed by atoms with Crippen LogP contribution in [0.4, 0.5) is 5.69 Å². The Morgan fingerprint density at radius 1 is 1.40 bits per heavy atom. The molecular formula is C14H12N2O7S2. The van der Waals surface area contributed by atoms with Crippen LogP contribution in [0.3, 0.4) is 0 Å². The second-order valence-corrected chi connectivity index (χ2v) is 6.36. The van der Waals surface area contributed by atoms with Gasteiger partial charge in [0.1, 0.15) is 10.9 Å². The van der Waals surface area contributed by atoms with Crippen molar-refractivity contribution in [2.75, 3.05) is 20.8 Å². The normalized spacial score (nSPS) is 15.6. The summed E-state index contributed by atoms with van der Waals surface area (Å²) in [7, 11) is 2.72. The van der Waals surface area contributed by atoms with E-state index in [0.29, 0.717) is 0 Å². The van der Waals surface area contributed by atoms with Crippen molar-refractivity contribution in [2.24, 2.45) is 0 Å². The summed E-state index contributed by atoms with van der Waals surface area (Å²) in [6, 6.07) is 2.55. The molecule has 1 aromatic carbocycles. The molecule has 1 saturated heterocycles. The molecule has 0 saturated carbocycles. The second-order valence-electron chi connectivity index (χ2n) is 4.68. The third-order valence-corrected chi connectivity index (χ3v) is 4.56. The van der Waals surface area contributed by atoms with Crippen LogP contribution in [0.1, 0.15) is 5.56 Å². The number of nitro benzene ring substituents is 1. The van der Waals surface area contributed by atoms with Gasteiger partial charge in [-0.2, -0.15) is 0 Å². The van der Waals surface area contributed by atoms with Gasteiger partial charge in [0.15, 0.2) is 11.5 Å². The first-order valence-electron chi connectivity index (χ1n) is 6.66. The van der Waals surface area contributed by atoms with Gasteiger partial charge in [-0.25, -0.2) is 0 Å². The number of hydrogen-bond acceptors (Lipinski definition) is 8. The van der Waals surface area contributed by atoms with E-state index in [9.17, 15) is 19.7 Å². The number of aliphatic carboxylic acids is 1. The lowest BCUT2D eigenvalue weighted by atomic mass is 10.1. The van der Waals surface area contributed by atoms with Crippen LogP contribution in [0.25, 0.3) is 6.08 Å². The van der Waals surface area contributed by atoms with Gasteiger partial charge in [0, 0.05) is 0 Å². The molecule has 0 aromatic heterocycles. The van der Waals surface area contributed by atoms with Crippen molar-refractivity contribution in [1.82, 2.24) is 4.90 Å². The Bertz CT molecular complexity index is 807. The summed E-state index contributed by atoms with van der Waals surface area (Å²) in [5, 5.41) is 20.1. The molecule has 1 fully saturated rings. The first kappa shape index (κ1) is 18.7. The van der Waals surface area contributed by atoms with Crippen LogP contribution >= 0.6 is 24.0 Å². The molecule has 0 atom stereocenters. The maximum atomic E-state index is 12.3. The van der Waals surface area contributed by atoms with E-state index in [1.165, 1.54) is 32.4 Å². The fourth-order valence-corrected chi connectivity index (χ4v) is 3.32. The molecule has 132 valence electrons. The lowest BCUT2D eigenvalue weighted by molar-refractivity contribution is -0.385. The molecule has 0 aliphatic carbocycles. The van der Waals surface area contributed by atoms with E-state index in [-0.39, 0.29) is 32.0 Å². The smallest absolute Gasteiger partial charge is 0.323 e. The van der Waals surface area contributed by atoms with Gasteiger partial charge in [-0.1, -0.05) is 24.0 Å². The van der Waals surface area contributed by atoms with E-state index in [1.807, 2.05) is 0 Å². The van der Waals surface area contributed by atoms with Gasteiger partial charge < -0.3 is 14.6 Å². The van der Waals surface area contributed by atoms with Crippen molar-refractivity contribution in [1.29, 1.82) is 0 Å². The zero-order valence-corrected chi connectivity index (χ0v) is 14.7. The summed E-state index contributed by atoms with van der Waals surface area (Å²) in [4.78, 5) is 34.8. The minimum absolute atomic E-state index is 0.0711. The van der Waals surface area contributed by atoms with Crippen molar-refractivity contribution >= 4 is 51.9 Å². The van der Waals surface area contributed by atoms with Crippen LogP contribution in [0, 0.1) is 10.1 Å². The molecule has 0 radical (unpaired) electrons. The zero-order chi connectivity index (χ0) is 18.7. The van der Waals surface area contributed by atoms with Crippen molar-refractivity contribution in [3.05, 3.63) is 32.7 Å². The molecule has 0 unspecified atom stereocenters. The summed E-state index contributed by atoms with van der Waals surface area (Å²) in [6.45, 7) is -0.573. The topological polar surface area (TPSA) is 119 Å². The number of carbonyl (C=O) groups is 2. The molecule has 1 aromatic rings. The number of carboxylic acid groups (broad SMARTS) is 1. The number of rotatable bonds is 6. The van der Waals surface area contributed by atoms with E-state index >= 15 is 0 Å². The lowest BCUT2D eigenvalue weighted by Crippen LogP contribution is -2.33. The molecule has 1 aliphatic rings. The standard InChI is InChI=1S/C14H12N2O7S2/c1-22-9-3-7(8(16(20)21)5-10(9)23-2)4-11-13(19)15(6-12(17)18)14(24)25-11/h3-5H,6H2,1-2H3,(H,17,18)/b11-4-. The Balaban J connectivity index is 2.50. The molecule has 1 N–H and O–H groups in total. The molecule has 25 heavy (non-hydrogen) atoms. The molecule has 9 nitrogen and oxygen atoms in total. The first-order valence-corrected chi connectivity index (χ1v) is 7.88. The SMILES string of the molecule is COc1cc(/C=C2\SC(=S)N(CC(=O)O)C2=O)c([N+](=O)[O-])cc1OC. The highest BCUT2D eigenvalue weighted by molar-refractivity contribution is 8.26. The number of hydrogen-bond donors (Lipinski definition) is 1. The number of thioether (sulfide) groups is 1. The highest BCUT2D eigenvalue weighted by atomic mass is 32.2. The molecule has 0 bridgehead atoms. The van der Waals surface area contributed by atoms with Crippen LogP contribution in [0.2, 0.25) is 0 Å². The first-order chi connectivity index (χ1) is 11.8. The molecule has 1 amide bonds. The quantitative estimate of drug-likeness (QED) is 0.339. The molecule has 1 heterocycles. The number of benzene rings is 1. The average Bonchev–Trinajstić information content (AvgIpc) is 2.81. The Morgan fingerprint density at radius 2 is 2.00 bits per heavy atom. The van der Waals surface area contributed by atoms with E-state index in [0.717, 1.165) is 16.7 Å². The maximum Gasteiger partial charge on any atom is 0.323 e. The molecule has 2 rings (SSSR count). The van der Waals surface area contributed by atoms with Crippen molar-refractivity contribution in [2.45, 2.75) is 0 Å². The van der Waals surface area contributed by atoms with Gasteiger partial charge in [0.2, 0.25) is 0 Å². The lowest BCUT2D eigenvalue weighted by Gasteiger charge is -2.10. The number of thiocarbonyl (C=S) groups is 1. The highest BCUT2D eigenvalue weighted by Gasteiger charge is 2.34. The second kappa shape index (κ2) is 7.49. The summed E-state index contributed by atoms with van der Waals surface area (Å²) in [5.41, 5.74) is -0.181. The van der Waals surface area contributed by atoms with Crippen LogP contribution < -0.4 is 9.47 Å². The van der Waals surface area contributed by atoms with Gasteiger partial charge in [0.05, 0.1) is 35.7 Å². The number of carbonyl (C=O) groups excluding carboxylic acids is 1. The predicted molar refractivity (Wildman–Crippen MR) is 93.7 cm³/mol. The maximum absolute atomic E-state index is 12.3. The zero-order valence-electron chi connectivity index (χ0n) is 13.0. The van der Waals surface area contributed by atoms with E-state index < -0.39 is 23.3 Å². The Kier molecular flexibility index (Phi) is 5.59. The van der Waals surface area contributed by atoms with E-state index in [2.05, 4.69) is 0 Å². The van der Waals surface area contributed by atoms with Gasteiger partial charge in [-0.15, -0.1) is 0 Å². The number of nitrogens with zero attached hydrogens (tertiary/aromatic N) is 2. The average molecular weight is 384 g/mol. The van der Waals surface area contributed by atoms with Crippen LogP contribution in [-0.4, -0.2) is 51.9 Å². The summed E-state index contributed by atoms with van der Waals surface area (Å²) >= 11 is 5.86. The fraction of sp³-hybridized carbons (Fsp3) is 0.214. The Morgan fingerprint density at radius 3 is 2.52 bits per heavy atom. The monoisotopic (exact) mass is 384 g/mol. The van der Waals surface area contributed by atoms with Gasteiger partial charge in [-0.3, -0.25) is 24.6 Å². The Hall–Kier alpha value is -2.66. The highest BCUT2D eigenvalue weighted by Crippen LogP contribution is 2.38. The van der Waals surface area contributed by atoms with Gasteiger partial charge in [0.25, 0.3) is 11.6 Å². The van der Waals surface area contributed by atoms with Crippen LogP contribution in [0.15, 0.2) is 17.0 Å². The fourth-order valence-electron chi connectivity index (χ4n) is 2.07. The Labute approximate surface area is 151 Å². The minimum Gasteiger partial charge on any atom is -0.493 e. The molecule has 11 heteroatoms. The minimum atomic E-state index is -1.21. The number of ether oxygens (including phenoxy) is 2. The third-order valence-electron chi connectivity index (χ3n) is 3.18. The van der Waals surface area contributed by atoms with Crippen molar-refractivity contribution in [3.63, 3.8) is 0 Å². The van der Waals surface area contributed by atoms with Gasteiger partial charge in [-0.05, 0) is 12.1 Å².